The first kappa shape index (κ1) is 37.4. The third-order valence-corrected chi connectivity index (χ3v) is 9.35. The minimum atomic E-state index is -2.07. The molecule has 1 amide bonds. The molecular weight excluding hydrogens is 698 g/mol. The topological polar surface area (TPSA) is 173 Å². The third-order valence-electron chi connectivity index (χ3n) is 8.32. The van der Waals surface area contributed by atoms with Gasteiger partial charge in [0.25, 0.3) is 12.1 Å². The van der Waals surface area contributed by atoms with E-state index in [-0.39, 0.29) is 36.6 Å². The summed E-state index contributed by atoms with van der Waals surface area (Å²) in [6.45, 7) is 2.52. The Labute approximate surface area is 301 Å². The molecule has 2 N–H and O–H groups in total. The number of nitriles is 1. The average molecular weight is 734 g/mol. The highest BCUT2D eigenvalue weighted by Gasteiger charge is 2.44. The molecule has 5 aromatic rings. The summed E-state index contributed by atoms with van der Waals surface area (Å²) in [6.07, 6.45) is 2.01. The van der Waals surface area contributed by atoms with E-state index in [9.17, 15) is 24.3 Å². The van der Waals surface area contributed by atoms with Crippen LogP contribution in [0.1, 0.15) is 47.7 Å². The first-order valence-electron chi connectivity index (χ1n) is 15.9. The Morgan fingerprint density at radius 1 is 1.21 bits per heavy atom. The fourth-order valence-corrected chi connectivity index (χ4v) is 6.38. The molecule has 0 aliphatic rings. The van der Waals surface area contributed by atoms with Gasteiger partial charge in [-0.1, -0.05) is 19.1 Å². The number of hydrogen-bond acceptors (Lipinski definition) is 11. The van der Waals surface area contributed by atoms with Crippen LogP contribution in [0.3, 0.4) is 0 Å². The molecule has 3 aromatic heterocycles. The van der Waals surface area contributed by atoms with E-state index in [4.69, 9.17) is 14.7 Å². The van der Waals surface area contributed by atoms with Crippen LogP contribution in [0.15, 0.2) is 78.8 Å². The molecule has 3 atom stereocenters. The van der Waals surface area contributed by atoms with Crippen molar-refractivity contribution in [2.75, 3.05) is 25.5 Å². The number of pyridine rings is 1. The van der Waals surface area contributed by atoms with E-state index in [1.54, 1.807) is 43.6 Å². The fourth-order valence-electron chi connectivity index (χ4n) is 5.41. The van der Waals surface area contributed by atoms with Gasteiger partial charge in [0, 0.05) is 34.4 Å². The number of esters is 1. The SMILES string of the molecule is CNCC(=O)OCc1ccc[n+]([O-])c1N(C)C(=O)OC(C)[n+]1cnn(C[C@](O)(c2cc(F)ccc2F)[C@@H](C)c2nc(-c3ccc(C#N)cc3)cs2)c1. The maximum Gasteiger partial charge on any atom is 0.509 e. The van der Waals surface area contributed by atoms with Crippen molar-refractivity contribution in [3.8, 4) is 17.3 Å². The van der Waals surface area contributed by atoms with Crippen molar-refractivity contribution in [1.29, 1.82) is 5.26 Å². The number of aliphatic hydroxyl groups is 1. The lowest BCUT2D eigenvalue weighted by Crippen LogP contribution is -2.45. The van der Waals surface area contributed by atoms with E-state index in [0.717, 1.165) is 28.7 Å². The fraction of sp³-hybridized carbons (Fsp3) is 0.286. The summed E-state index contributed by atoms with van der Waals surface area (Å²) in [6, 6.07) is 14.7. The Kier molecular flexibility index (Phi) is 11.5. The lowest BCUT2D eigenvalue weighted by Gasteiger charge is -2.32. The molecule has 0 aliphatic heterocycles. The van der Waals surface area contributed by atoms with Crippen LogP contribution in [0.25, 0.3) is 11.3 Å². The monoisotopic (exact) mass is 733 g/mol. The Morgan fingerprint density at radius 2 is 1.96 bits per heavy atom. The number of nitrogens with one attached hydrogen (secondary N) is 1. The predicted molar refractivity (Wildman–Crippen MR) is 182 cm³/mol. The van der Waals surface area contributed by atoms with Crippen molar-refractivity contribution in [1.82, 2.24) is 20.1 Å². The molecule has 0 radical (unpaired) electrons. The zero-order valence-corrected chi connectivity index (χ0v) is 29.4. The van der Waals surface area contributed by atoms with Gasteiger partial charge in [0.1, 0.15) is 30.4 Å². The lowest BCUT2D eigenvalue weighted by molar-refractivity contribution is -0.753. The second kappa shape index (κ2) is 16.0. The lowest BCUT2D eigenvalue weighted by atomic mass is 9.82. The molecule has 17 heteroatoms. The molecule has 3 heterocycles. The molecule has 0 spiro atoms. The number of nitrogens with zero attached hydrogens (tertiary/aromatic N) is 7. The first-order valence-corrected chi connectivity index (χ1v) is 16.7. The molecule has 52 heavy (non-hydrogen) atoms. The molecule has 14 nitrogen and oxygen atoms in total. The van der Waals surface area contributed by atoms with Gasteiger partial charge in [0.2, 0.25) is 12.6 Å². The zero-order chi connectivity index (χ0) is 37.6. The third kappa shape index (κ3) is 8.20. The number of rotatable bonds is 13. The average Bonchev–Trinajstić information content (AvgIpc) is 3.82. The molecule has 0 saturated heterocycles. The van der Waals surface area contributed by atoms with E-state index in [2.05, 4.69) is 21.5 Å². The Morgan fingerprint density at radius 3 is 2.67 bits per heavy atom. The van der Waals surface area contributed by atoms with Gasteiger partial charge in [-0.25, -0.2) is 18.5 Å². The minimum absolute atomic E-state index is 0.0426. The molecule has 0 bridgehead atoms. The minimum Gasteiger partial charge on any atom is -0.711 e. The second-order valence-corrected chi connectivity index (χ2v) is 12.7. The summed E-state index contributed by atoms with van der Waals surface area (Å²) in [5, 5.41) is 43.2. The molecule has 2 aromatic carbocycles. The number of likely N-dealkylation sites (N-methyl/N-ethyl adjacent to an activating group) is 1. The van der Waals surface area contributed by atoms with E-state index in [0.29, 0.717) is 21.0 Å². The quantitative estimate of drug-likeness (QED) is 0.103. The van der Waals surface area contributed by atoms with Crippen LogP contribution in [0.4, 0.5) is 19.4 Å². The Hall–Kier alpha value is -5.83. The van der Waals surface area contributed by atoms with Crippen molar-refractivity contribution in [2.24, 2.45) is 0 Å². The van der Waals surface area contributed by atoms with Crippen molar-refractivity contribution in [2.45, 2.75) is 44.7 Å². The number of carbonyl (C=O) groups is 2. The number of anilines is 1. The smallest absolute Gasteiger partial charge is 0.509 e. The number of aromatic nitrogens is 5. The Bertz CT molecular complexity index is 2100. The number of hydrogen-bond donors (Lipinski definition) is 2. The van der Waals surface area contributed by atoms with Crippen LogP contribution >= 0.6 is 11.3 Å². The standard InChI is InChI=1S/C35H35F2N8O6S/c1-22(32-41-30(18-52-32)25-9-7-24(15-38)8-10-25)35(48,28-14-27(36)11-12-29(28)37)19-44-21-43(20-40-44)23(2)51-34(47)42(4)33-26(6-5-13-45(33)49)17-50-31(46)16-39-3/h5-14,18,20-23,39,48H,16-17,19H2,1-4H3/q+1/t22-,23?,35+/m0/s1. The summed E-state index contributed by atoms with van der Waals surface area (Å²) in [5.41, 5.74) is -0.319. The van der Waals surface area contributed by atoms with Crippen LogP contribution in [0.5, 0.6) is 0 Å². The number of carbonyl (C=O) groups excluding carboxylic acids is 2. The normalized spacial score (nSPS) is 13.4. The molecule has 5 rings (SSSR count). The number of benzene rings is 2. The van der Waals surface area contributed by atoms with E-state index in [1.807, 2.05) is 0 Å². The van der Waals surface area contributed by atoms with Gasteiger partial charge >= 0.3 is 12.1 Å². The largest absolute Gasteiger partial charge is 0.711 e. The maximum atomic E-state index is 15.3. The highest BCUT2D eigenvalue weighted by molar-refractivity contribution is 7.10. The van der Waals surface area contributed by atoms with Crippen LogP contribution in [0.2, 0.25) is 0 Å². The highest BCUT2D eigenvalue weighted by Crippen LogP contribution is 2.41. The number of ether oxygens (including phenoxy) is 2. The van der Waals surface area contributed by atoms with Crippen LogP contribution < -0.4 is 19.5 Å². The van der Waals surface area contributed by atoms with Gasteiger partial charge < -0.3 is 25.1 Å². The molecule has 0 aliphatic carbocycles. The highest BCUT2D eigenvalue weighted by atomic mass is 32.1. The summed E-state index contributed by atoms with van der Waals surface area (Å²) < 4.78 is 43.8. The first-order chi connectivity index (χ1) is 24.8. The molecule has 0 fully saturated rings. The van der Waals surface area contributed by atoms with Crippen LogP contribution in [-0.4, -0.2) is 52.6 Å². The number of halogens is 2. The summed E-state index contributed by atoms with van der Waals surface area (Å²) in [7, 11) is 2.91. The van der Waals surface area contributed by atoms with Crippen molar-refractivity contribution in [3.63, 3.8) is 0 Å². The van der Waals surface area contributed by atoms with Crippen molar-refractivity contribution >= 4 is 29.2 Å². The van der Waals surface area contributed by atoms with Crippen LogP contribution in [0, 0.1) is 28.2 Å². The van der Waals surface area contributed by atoms with Gasteiger partial charge in [-0.05, 0) is 49.5 Å². The number of amides is 1. The van der Waals surface area contributed by atoms with E-state index in [1.165, 1.54) is 65.5 Å². The van der Waals surface area contributed by atoms with Gasteiger partial charge in [0.15, 0.2) is 0 Å². The molecule has 1 unspecified atom stereocenters. The predicted octanol–water partition coefficient (Wildman–Crippen LogP) is 3.82. The van der Waals surface area contributed by atoms with Crippen LogP contribution in [-0.2, 0) is 33.0 Å². The van der Waals surface area contributed by atoms with Crippen molar-refractivity contribution < 1.29 is 42.2 Å². The van der Waals surface area contributed by atoms with Gasteiger partial charge in [-0.15, -0.1) is 16.0 Å². The Balaban J connectivity index is 1.36. The van der Waals surface area contributed by atoms with Crippen molar-refractivity contribution in [3.05, 3.63) is 117 Å². The van der Waals surface area contributed by atoms with Gasteiger partial charge in [0.05, 0.1) is 47.7 Å². The second-order valence-electron chi connectivity index (χ2n) is 11.8. The summed E-state index contributed by atoms with van der Waals surface area (Å²) >= 11 is 1.23. The van der Waals surface area contributed by atoms with E-state index < -0.39 is 41.4 Å². The maximum absolute atomic E-state index is 15.3. The molecule has 270 valence electrons. The zero-order valence-electron chi connectivity index (χ0n) is 28.6. The van der Waals surface area contributed by atoms with Gasteiger partial charge in [-0.2, -0.15) is 19.5 Å². The number of thiazole rings is 1. The summed E-state index contributed by atoms with van der Waals surface area (Å²) in [5.74, 6) is -3.13. The molecular formula is C35H35F2N8O6S+. The van der Waals surface area contributed by atoms with Gasteiger partial charge in [-0.3, -0.25) is 4.79 Å². The van der Waals surface area contributed by atoms with E-state index >= 15 is 4.39 Å². The summed E-state index contributed by atoms with van der Waals surface area (Å²) in [4.78, 5) is 30.7. The molecule has 0 saturated carbocycles.